The van der Waals surface area contributed by atoms with Gasteiger partial charge in [0.15, 0.2) is 11.9 Å². The number of hydrogen-bond donors (Lipinski definition) is 9. The van der Waals surface area contributed by atoms with E-state index in [-0.39, 0.29) is 101 Å². The zero-order valence-corrected chi connectivity index (χ0v) is 30.9. The Hall–Kier alpha value is -6.04. The van der Waals surface area contributed by atoms with E-state index in [2.05, 4.69) is 52.8 Å². The second-order valence-corrected chi connectivity index (χ2v) is 12.4. The fourth-order valence-electron chi connectivity index (χ4n) is 5.12. The maximum Gasteiger partial charge on any atom is 0.326 e. The minimum Gasteiger partial charge on any atom is -0.480 e. The fourth-order valence-corrected chi connectivity index (χ4v) is 5.12. The Bertz CT molecular complexity index is 1690. The van der Waals surface area contributed by atoms with Gasteiger partial charge in [-0.05, 0) is 56.5 Å². The molecule has 2 heterocycles. The number of benzene rings is 1. The molecule has 1 aromatic rings. The molecule has 302 valence electrons. The van der Waals surface area contributed by atoms with Gasteiger partial charge in [0.1, 0.15) is 12.1 Å². The smallest absolute Gasteiger partial charge is 0.326 e. The molecule has 0 radical (unpaired) electrons. The van der Waals surface area contributed by atoms with Crippen molar-refractivity contribution in [1.82, 2.24) is 26.6 Å². The summed E-state index contributed by atoms with van der Waals surface area (Å²) in [4.78, 5) is 85.8. The minimum atomic E-state index is -1.30. The normalized spacial score (nSPS) is 15.5. The largest absolute Gasteiger partial charge is 0.480 e. The van der Waals surface area contributed by atoms with Crippen LogP contribution in [-0.2, 0) is 33.4 Å². The average molecular weight is 780 g/mol. The van der Waals surface area contributed by atoms with Gasteiger partial charge in [-0.25, -0.2) is 9.79 Å². The molecule has 20 heteroatoms. The summed E-state index contributed by atoms with van der Waals surface area (Å²) < 4.78 is 10.9. The van der Waals surface area contributed by atoms with Gasteiger partial charge in [0, 0.05) is 43.6 Å². The molecule has 0 aromatic heterocycles. The zero-order chi connectivity index (χ0) is 40.7. The second kappa shape index (κ2) is 24.4. The molecule has 2 aliphatic rings. The molecule has 5 amide bonds. The molecule has 0 saturated heterocycles. The molecule has 0 bridgehead atoms. The van der Waals surface area contributed by atoms with Gasteiger partial charge in [-0.1, -0.05) is 0 Å². The lowest BCUT2D eigenvalue weighted by Crippen LogP contribution is -2.47. The number of amidine groups is 1. The number of nitrogens with two attached hydrogens (primary N) is 1. The lowest BCUT2D eigenvalue weighted by molar-refractivity contribution is -0.139. The highest BCUT2D eigenvalue weighted by Crippen LogP contribution is 2.12. The molecule has 0 fully saturated rings. The number of nitrogens with one attached hydrogen (secondary N) is 7. The number of fused-ring (bicyclic) bond motifs is 1. The van der Waals surface area contributed by atoms with Crippen LogP contribution in [0.5, 0.6) is 0 Å². The zero-order valence-electron chi connectivity index (χ0n) is 30.9. The van der Waals surface area contributed by atoms with Crippen LogP contribution in [0.25, 0.3) is 0 Å². The maximum atomic E-state index is 12.8. The van der Waals surface area contributed by atoms with Crippen LogP contribution in [0.15, 0.2) is 39.2 Å². The molecule has 2 aliphatic heterocycles. The van der Waals surface area contributed by atoms with E-state index in [0.717, 1.165) is 6.42 Å². The molecular weight excluding hydrogens is 730 g/mol. The van der Waals surface area contributed by atoms with Crippen molar-refractivity contribution in [3.63, 3.8) is 0 Å². The van der Waals surface area contributed by atoms with Crippen LogP contribution in [0, 0.1) is 17.8 Å². The number of amides is 5. The van der Waals surface area contributed by atoms with Crippen molar-refractivity contribution >= 4 is 64.9 Å². The van der Waals surface area contributed by atoms with Gasteiger partial charge in [-0.3, -0.25) is 39.7 Å². The first-order chi connectivity index (χ1) is 27.0. The van der Waals surface area contributed by atoms with Crippen molar-refractivity contribution in [3.05, 3.63) is 29.8 Å². The van der Waals surface area contributed by atoms with Gasteiger partial charge >= 0.3 is 5.97 Å². The van der Waals surface area contributed by atoms with Crippen LogP contribution < -0.4 is 37.6 Å². The van der Waals surface area contributed by atoms with E-state index < -0.39 is 41.8 Å². The predicted octanol–water partition coefficient (Wildman–Crippen LogP) is -1.29. The molecule has 3 atom stereocenters. The van der Waals surface area contributed by atoms with Crippen LogP contribution in [0.2, 0.25) is 0 Å². The predicted molar refractivity (Wildman–Crippen MR) is 207 cm³/mol. The average Bonchev–Trinajstić information content (AvgIpc) is 3.18. The van der Waals surface area contributed by atoms with Gasteiger partial charge in [0.2, 0.25) is 23.7 Å². The molecule has 0 spiro atoms. The van der Waals surface area contributed by atoms with E-state index in [9.17, 15) is 33.9 Å². The quantitative estimate of drug-likeness (QED) is 0.0394. The van der Waals surface area contributed by atoms with Gasteiger partial charge in [0.25, 0.3) is 11.8 Å². The first-order valence-corrected chi connectivity index (χ1v) is 18.1. The Kier molecular flexibility index (Phi) is 19.3. The molecule has 3 rings (SSSR count). The number of nitrogens with zero attached hydrogens (tertiary/aromatic N) is 3. The molecule has 10 N–H and O–H groups in total. The standard InChI is InChI=1S/C36H49N11O9/c1-2-3-7-29(49)44-26(6-4-5-14-37)33(51)40-16-18-56-20-19-55-17-15-39-28(48)13-12-27(35(53)54)45-32(50)23-8-10-24(11-9-23)41-21-25-22-42-31-30(43-25)34(52)47-36(38)46-31/h1,8-11,22,26-27,30,41H,3-7,12-21,37H2,(H,39,48)(H,40,51)(H,44,49)(H,45,50)(H,53,54)(H2,38,47,52)/t26-,27-,30?/m0/s1. The summed E-state index contributed by atoms with van der Waals surface area (Å²) in [6.07, 6.45) is 8.65. The van der Waals surface area contributed by atoms with Crippen molar-refractivity contribution < 1.29 is 43.3 Å². The number of carboxylic acid groups (broad SMARTS) is 1. The Balaban J connectivity index is 1.26. The summed E-state index contributed by atoms with van der Waals surface area (Å²) in [6.45, 7) is 1.98. The van der Waals surface area contributed by atoms with Crippen molar-refractivity contribution in [1.29, 1.82) is 5.41 Å². The van der Waals surface area contributed by atoms with Crippen molar-refractivity contribution in [3.8, 4) is 12.3 Å². The van der Waals surface area contributed by atoms with Crippen LogP contribution in [0.4, 0.5) is 5.69 Å². The van der Waals surface area contributed by atoms with Crippen molar-refractivity contribution in [2.75, 3.05) is 57.9 Å². The highest BCUT2D eigenvalue weighted by Gasteiger charge is 2.31. The Morgan fingerprint density at radius 2 is 1.66 bits per heavy atom. The van der Waals surface area contributed by atoms with Gasteiger partial charge in [0.05, 0.1) is 44.9 Å². The monoisotopic (exact) mass is 779 g/mol. The van der Waals surface area contributed by atoms with Crippen LogP contribution >= 0.6 is 0 Å². The summed E-state index contributed by atoms with van der Waals surface area (Å²) in [5, 5.41) is 33.0. The molecule has 1 aromatic carbocycles. The Morgan fingerprint density at radius 3 is 2.34 bits per heavy atom. The van der Waals surface area contributed by atoms with Crippen LogP contribution in [0.1, 0.15) is 55.3 Å². The van der Waals surface area contributed by atoms with E-state index in [1.165, 1.54) is 18.3 Å². The molecular formula is C36H49N11O9. The first kappa shape index (κ1) is 44.4. The molecule has 0 aliphatic carbocycles. The fraction of sp³-hybridized carbons (Fsp3) is 0.500. The number of carboxylic acids is 1. The summed E-state index contributed by atoms with van der Waals surface area (Å²) >= 11 is 0. The number of carbonyl (C=O) groups excluding carboxylic acids is 5. The van der Waals surface area contributed by atoms with E-state index in [1.54, 1.807) is 12.1 Å². The third kappa shape index (κ3) is 16.1. The van der Waals surface area contributed by atoms with Gasteiger partial charge in [-0.15, -0.1) is 12.3 Å². The van der Waals surface area contributed by atoms with E-state index >= 15 is 0 Å². The number of hydrogen-bond acceptors (Lipinski definition) is 13. The number of ether oxygens (including phenoxy) is 2. The Labute approximate surface area is 323 Å². The topological polar surface area (TPSA) is 300 Å². The van der Waals surface area contributed by atoms with Gasteiger partial charge in [-0.2, -0.15) is 4.99 Å². The number of guanidine groups is 1. The lowest BCUT2D eigenvalue weighted by atomic mass is 10.1. The van der Waals surface area contributed by atoms with Crippen LogP contribution in [-0.4, -0.2) is 135 Å². The third-order valence-electron chi connectivity index (χ3n) is 8.07. The summed E-state index contributed by atoms with van der Waals surface area (Å²) in [6, 6.07) is 3.32. The van der Waals surface area contributed by atoms with E-state index in [0.29, 0.717) is 30.8 Å². The van der Waals surface area contributed by atoms with Crippen molar-refractivity contribution in [2.24, 2.45) is 20.7 Å². The van der Waals surface area contributed by atoms with Crippen molar-refractivity contribution in [2.45, 2.75) is 63.1 Å². The molecule has 0 saturated carbocycles. The number of rotatable bonds is 26. The maximum absolute atomic E-state index is 12.8. The minimum absolute atomic E-state index is 0.138. The number of aliphatic imine (C=N–C) groups is 3. The molecule has 1 unspecified atom stereocenters. The summed E-state index contributed by atoms with van der Waals surface area (Å²) in [7, 11) is 0. The first-order valence-electron chi connectivity index (χ1n) is 18.1. The van der Waals surface area contributed by atoms with Gasteiger partial charge < -0.3 is 46.9 Å². The van der Waals surface area contributed by atoms with E-state index in [1.807, 2.05) is 0 Å². The number of unbranched alkanes of at least 4 members (excludes halogenated alkanes) is 1. The SMILES string of the molecule is C#CCCC(=O)N[C@@H](CCCCN)C(=O)NCCOCCOCCNC(=O)CC[C@H](NC(=O)c1ccc(NCC2=NC3C(=O)NC(=N)N=C3N=C2)cc1)C(=O)O. The molecule has 20 nitrogen and oxygen atoms in total. The Morgan fingerprint density at radius 1 is 0.946 bits per heavy atom. The number of anilines is 1. The second-order valence-electron chi connectivity index (χ2n) is 12.4. The number of carbonyl (C=O) groups is 6. The highest BCUT2D eigenvalue weighted by molar-refractivity contribution is 6.38. The molecule has 56 heavy (non-hydrogen) atoms. The van der Waals surface area contributed by atoms with E-state index in [4.69, 9.17) is 27.0 Å². The van der Waals surface area contributed by atoms with Crippen LogP contribution in [0.3, 0.4) is 0 Å². The summed E-state index contributed by atoms with van der Waals surface area (Å²) in [5.74, 6) is -1.18. The number of aliphatic carboxylic acids is 1. The summed E-state index contributed by atoms with van der Waals surface area (Å²) in [5.41, 5.74) is 6.83. The lowest BCUT2D eigenvalue weighted by Gasteiger charge is -2.21. The number of terminal acetylenes is 1. The third-order valence-corrected chi connectivity index (χ3v) is 8.07. The highest BCUT2D eigenvalue weighted by atomic mass is 16.5.